The van der Waals surface area contributed by atoms with Crippen molar-refractivity contribution in [1.29, 1.82) is 0 Å². The summed E-state index contributed by atoms with van der Waals surface area (Å²) >= 11 is 0. The molecule has 0 saturated carbocycles. The molecule has 0 aliphatic rings. The molecule has 0 aliphatic carbocycles. The van der Waals surface area contributed by atoms with Gasteiger partial charge < -0.3 is 28.8 Å². The lowest BCUT2D eigenvalue weighted by atomic mass is 10.0. The van der Waals surface area contributed by atoms with Crippen LogP contribution in [0.1, 0.15) is 303 Å². The number of rotatable bonds is 54. The first-order valence-corrected chi connectivity index (χ1v) is 30.3. The van der Waals surface area contributed by atoms with Crippen LogP contribution >= 0.6 is 7.82 Å². The summed E-state index contributed by atoms with van der Waals surface area (Å²) in [6.45, 7) is 4.78. The summed E-state index contributed by atoms with van der Waals surface area (Å²) in [7, 11) is 1.32. The summed E-state index contributed by atoms with van der Waals surface area (Å²) < 4.78 is 23.4. The Balaban J connectivity index is 4.10. The van der Waals surface area contributed by atoms with Gasteiger partial charge in [0.05, 0.1) is 39.9 Å². The first-order chi connectivity index (χ1) is 31.5. The number of likely N-dealkylation sites (N-methyl/N-ethyl adjacent to an activating group) is 1. The van der Waals surface area contributed by atoms with Crippen molar-refractivity contribution < 1.29 is 32.9 Å². The maximum atomic E-state index is 13.0. The van der Waals surface area contributed by atoms with Gasteiger partial charge in [-0.15, -0.1) is 0 Å². The molecular formula is C56H115N2O6P. The van der Waals surface area contributed by atoms with Crippen molar-refractivity contribution in [3.8, 4) is 0 Å². The minimum Gasteiger partial charge on any atom is -0.756 e. The molecule has 0 aromatic carbocycles. The van der Waals surface area contributed by atoms with Crippen LogP contribution in [0.25, 0.3) is 0 Å². The van der Waals surface area contributed by atoms with Gasteiger partial charge in [0.2, 0.25) is 5.91 Å². The number of phosphoric acid groups is 1. The summed E-state index contributed by atoms with van der Waals surface area (Å²) in [4.78, 5) is 25.5. The highest BCUT2D eigenvalue weighted by Crippen LogP contribution is 2.38. The monoisotopic (exact) mass is 943 g/mol. The minimum atomic E-state index is -4.57. The van der Waals surface area contributed by atoms with Crippen LogP contribution < -0.4 is 10.2 Å². The SMILES string of the molecule is CCCCCCCCCCCCCCCCCCCCCCCCCCCCC(O)C(COP(=O)([O-])OCC[N+](C)(C)C)NC(=O)CCCCCCCCCCCCCCCCCCC. The van der Waals surface area contributed by atoms with E-state index in [1.54, 1.807) is 0 Å². The summed E-state index contributed by atoms with van der Waals surface area (Å²) in [5.41, 5.74) is 0. The number of unbranched alkanes of at least 4 members (excludes halogenated alkanes) is 41. The Labute approximate surface area is 406 Å². The lowest BCUT2D eigenvalue weighted by Crippen LogP contribution is -2.46. The highest BCUT2D eigenvalue weighted by Gasteiger charge is 2.24. The van der Waals surface area contributed by atoms with Crippen LogP contribution in [0, 0.1) is 0 Å². The van der Waals surface area contributed by atoms with E-state index < -0.39 is 20.0 Å². The van der Waals surface area contributed by atoms with Gasteiger partial charge in [-0.05, 0) is 12.8 Å². The summed E-state index contributed by atoms with van der Waals surface area (Å²) in [6.07, 6.45) is 57.0. The van der Waals surface area contributed by atoms with E-state index in [2.05, 4.69) is 19.2 Å². The fraction of sp³-hybridized carbons (Fsp3) is 0.982. The molecule has 2 N–H and O–H groups in total. The molecule has 0 bridgehead atoms. The summed E-state index contributed by atoms with van der Waals surface area (Å²) in [5.74, 6) is -0.157. The van der Waals surface area contributed by atoms with Gasteiger partial charge in [-0.1, -0.05) is 284 Å². The maximum Gasteiger partial charge on any atom is 0.268 e. The molecule has 8 nitrogen and oxygen atoms in total. The molecule has 9 heteroatoms. The van der Waals surface area contributed by atoms with Crippen molar-refractivity contribution in [2.24, 2.45) is 0 Å². The normalized spacial score (nSPS) is 13.9. The second-order valence-electron chi connectivity index (χ2n) is 21.4. The Bertz CT molecular complexity index is 1030. The third-order valence-electron chi connectivity index (χ3n) is 13.6. The average Bonchev–Trinajstić information content (AvgIpc) is 3.26. The van der Waals surface area contributed by atoms with Gasteiger partial charge in [-0.3, -0.25) is 9.36 Å². The Morgan fingerprint density at radius 1 is 0.477 bits per heavy atom. The largest absolute Gasteiger partial charge is 0.756 e. The Morgan fingerprint density at radius 3 is 1.05 bits per heavy atom. The van der Waals surface area contributed by atoms with Crippen LogP contribution in [0.2, 0.25) is 0 Å². The number of aliphatic hydroxyl groups is 1. The van der Waals surface area contributed by atoms with Crippen molar-refractivity contribution in [3.05, 3.63) is 0 Å². The van der Waals surface area contributed by atoms with E-state index in [0.29, 0.717) is 23.9 Å². The minimum absolute atomic E-state index is 0.0166. The number of quaternary nitrogens is 1. The van der Waals surface area contributed by atoms with Crippen LogP contribution in [0.4, 0.5) is 0 Å². The standard InChI is InChI=1S/C56H115N2O6P/c1-6-8-10-12-14-16-18-20-22-24-25-26-27-28-29-30-31-32-34-35-37-39-41-43-45-47-49-55(59)54(53-64-65(61,62)63-52-51-58(3,4)5)57-56(60)50-48-46-44-42-40-38-36-33-23-21-19-17-15-13-11-9-7-2/h54-55,59H,6-53H2,1-5H3,(H-,57,60,61,62). The van der Waals surface area contributed by atoms with Crippen LogP contribution in [-0.2, 0) is 18.4 Å². The van der Waals surface area contributed by atoms with Gasteiger partial charge in [0, 0.05) is 6.42 Å². The Kier molecular flexibility index (Phi) is 48.1. The zero-order valence-corrected chi connectivity index (χ0v) is 45.4. The molecule has 0 radical (unpaired) electrons. The molecular weight excluding hydrogens is 828 g/mol. The van der Waals surface area contributed by atoms with E-state index in [9.17, 15) is 19.4 Å². The third-order valence-corrected chi connectivity index (χ3v) is 14.6. The quantitative estimate of drug-likeness (QED) is 0.0357. The molecule has 1 amide bonds. The van der Waals surface area contributed by atoms with Gasteiger partial charge in [-0.25, -0.2) is 0 Å². The molecule has 0 aromatic heterocycles. The smallest absolute Gasteiger partial charge is 0.268 e. The van der Waals surface area contributed by atoms with Crippen molar-refractivity contribution in [3.63, 3.8) is 0 Å². The van der Waals surface area contributed by atoms with E-state index in [1.165, 1.54) is 238 Å². The number of nitrogens with zero attached hydrogens (tertiary/aromatic N) is 1. The average molecular weight is 944 g/mol. The number of phosphoric ester groups is 1. The van der Waals surface area contributed by atoms with Gasteiger partial charge in [-0.2, -0.15) is 0 Å². The predicted octanol–water partition coefficient (Wildman–Crippen LogP) is 16.6. The van der Waals surface area contributed by atoms with Crippen molar-refractivity contribution in [2.45, 2.75) is 315 Å². The van der Waals surface area contributed by atoms with E-state index in [0.717, 1.165) is 38.5 Å². The molecule has 0 heterocycles. The molecule has 390 valence electrons. The van der Waals surface area contributed by atoms with E-state index in [-0.39, 0.29) is 19.1 Å². The Hall–Kier alpha value is -0.500. The van der Waals surface area contributed by atoms with Crippen LogP contribution in [0.15, 0.2) is 0 Å². The molecule has 3 atom stereocenters. The van der Waals surface area contributed by atoms with Gasteiger partial charge in [0.25, 0.3) is 7.82 Å². The molecule has 0 saturated heterocycles. The van der Waals surface area contributed by atoms with Crippen LogP contribution in [0.3, 0.4) is 0 Å². The predicted molar refractivity (Wildman–Crippen MR) is 279 cm³/mol. The highest BCUT2D eigenvalue weighted by molar-refractivity contribution is 7.45. The molecule has 0 aromatic rings. The number of hydrogen-bond acceptors (Lipinski definition) is 6. The Morgan fingerprint density at radius 2 is 0.754 bits per heavy atom. The lowest BCUT2D eigenvalue weighted by Gasteiger charge is -2.30. The number of amides is 1. The van der Waals surface area contributed by atoms with Gasteiger partial charge in [0.15, 0.2) is 0 Å². The van der Waals surface area contributed by atoms with Crippen molar-refractivity contribution in [2.75, 3.05) is 40.9 Å². The van der Waals surface area contributed by atoms with Gasteiger partial charge in [0.1, 0.15) is 13.2 Å². The number of carbonyl (C=O) groups excluding carboxylic acids is 1. The molecule has 3 unspecified atom stereocenters. The van der Waals surface area contributed by atoms with Crippen molar-refractivity contribution >= 4 is 13.7 Å². The number of aliphatic hydroxyl groups excluding tert-OH is 1. The lowest BCUT2D eigenvalue weighted by molar-refractivity contribution is -0.870. The summed E-state index contributed by atoms with van der Waals surface area (Å²) in [5, 5.41) is 14.0. The second kappa shape index (κ2) is 48.5. The van der Waals surface area contributed by atoms with Crippen LogP contribution in [-0.4, -0.2) is 68.5 Å². The molecule has 65 heavy (non-hydrogen) atoms. The maximum absolute atomic E-state index is 13.0. The van der Waals surface area contributed by atoms with Gasteiger partial charge >= 0.3 is 0 Å². The molecule has 0 rings (SSSR count). The summed E-state index contributed by atoms with van der Waals surface area (Å²) in [6, 6.07) is -0.795. The first kappa shape index (κ1) is 64.5. The van der Waals surface area contributed by atoms with Crippen molar-refractivity contribution in [1.82, 2.24) is 5.32 Å². The molecule has 0 spiro atoms. The molecule has 0 fully saturated rings. The highest BCUT2D eigenvalue weighted by atomic mass is 31.2. The van der Waals surface area contributed by atoms with E-state index in [4.69, 9.17) is 9.05 Å². The fourth-order valence-electron chi connectivity index (χ4n) is 9.04. The first-order valence-electron chi connectivity index (χ1n) is 28.9. The third kappa shape index (κ3) is 51.2. The van der Waals surface area contributed by atoms with Crippen LogP contribution in [0.5, 0.6) is 0 Å². The number of hydrogen-bond donors (Lipinski definition) is 2. The van der Waals surface area contributed by atoms with E-state index in [1.807, 2.05) is 21.1 Å². The second-order valence-corrected chi connectivity index (χ2v) is 22.8. The zero-order chi connectivity index (χ0) is 47.8. The topological polar surface area (TPSA) is 108 Å². The van der Waals surface area contributed by atoms with E-state index >= 15 is 0 Å². The number of nitrogens with one attached hydrogen (secondary N) is 1. The fourth-order valence-corrected chi connectivity index (χ4v) is 9.77. The number of carbonyl (C=O) groups is 1. The zero-order valence-electron chi connectivity index (χ0n) is 44.5. The molecule has 0 aliphatic heterocycles.